The van der Waals surface area contributed by atoms with Gasteiger partial charge in [-0.25, -0.2) is 9.67 Å². The molecular formula is C17H21F3N4O. The number of carbonyl (C=O) groups is 1. The zero-order chi connectivity index (χ0) is 18.2. The van der Waals surface area contributed by atoms with Gasteiger partial charge in [0.05, 0.1) is 16.6 Å². The second-order valence-electron chi connectivity index (χ2n) is 6.55. The predicted octanol–water partition coefficient (Wildman–Crippen LogP) is 3.47. The number of rotatable bonds is 2. The molecule has 2 aromatic rings. The van der Waals surface area contributed by atoms with Crippen LogP contribution in [0.5, 0.6) is 0 Å². The van der Waals surface area contributed by atoms with Crippen molar-refractivity contribution in [2.75, 3.05) is 13.1 Å². The normalized spacial score (nSPS) is 16.3. The van der Waals surface area contributed by atoms with Gasteiger partial charge < -0.3 is 4.90 Å². The van der Waals surface area contributed by atoms with Crippen LogP contribution in [0.3, 0.4) is 0 Å². The standard InChI is InChI=1S/C17H21F3N4O/c1-11-9-13(17(18,19)20)15-12(2)22-24(16(15)21-11)10-14(25)23-7-5-3-4-6-8-23/h9H,3-8,10H2,1-2H3. The molecule has 136 valence electrons. The second-order valence-corrected chi connectivity index (χ2v) is 6.55. The molecule has 1 saturated heterocycles. The van der Waals surface area contributed by atoms with Crippen molar-refractivity contribution in [3.8, 4) is 0 Å². The monoisotopic (exact) mass is 354 g/mol. The van der Waals surface area contributed by atoms with Crippen molar-refractivity contribution < 1.29 is 18.0 Å². The molecule has 0 aliphatic carbocycles. The minimum atomic E-state index is -4.49. The van der Waals surface area contributed by atoms with Crippen LogP contribution in [0.1, 0.15) is 42.6 Å². The molecule has 0 radical (unpaired) electrons. The zero-order valence-corrected chi connectivity index (χ0v) is 14.4. The minimum absolute atomic E-state index is 0.0261. The van der Waals surface area contributed by atoms with Gasteiger partial charge in [0, 0.05) is 18.8 Å². The van der Waals surface area contributed by atoms with E-state index in [0.29, 0.717) is 13.1 Å². The molecule has 0 unspecified atom stereocenters. The molecule has 3 heterocycles. The van der Waals surface area contributed by atoms with E-state index in [1.54, 1.807) is 4.90 Å². The molecule has 0 atom stereocenters. The van der Waals surface area contributed by atoms with E-state index in [1.807, 2.05) is 0 Å². The Balaban J connectivity index is 1.97. The number of pyridine rings is 1. The number of alkyl halides is 3. The fourth-order valence-corrected chi connectivity index (χ4v) is 3.36. The van der Waals surface area contributed by atoms with Crippen molar-refractivity contribution in [1.29, 1.82) is 0 Å². The number of aromatic nitrogens is 3. The highest BCUT2D eigenvalue weighted by Crippen LogP contribution is 2.36. The maximum Gasteiger partial charge on any atom is 0.417 e. The number of halogens is 3. The molecule has 3 rings (SSSR count). The Morgan fingerprint density at radius 2 is 1.80 bits per heavy atom. The third kappa shape index (κ3) is 3.62. The van der Waals surface area contributed by atoms with E-state index in [0.717, 1.165) is 31.7 Å². The van der Waals surface area contributed by atoms with Crippen molar-refractivity contribution >= 4 is 16.9 Å². The van der Waals surface area contributed by atoms with Crippen molar-refractivity contribution in [3.63, 3.8) is 0 Å². The summed E-state index contributed by atoms with van der Waals surface area (Å²) in [5.41, 5.74) is -0.143. The highest BCUT2D eigenvalue weighted by atomic mass is 19.4. The summed E-state index contributed by atoms with van der Waals surface area (Å²) < 4.78 is 41.3. The van der Waals surface area contributed by atoms with E-state index >= 15 is 0 Å². The van der Waals surface area contributed by atoms with E-state index in [4.69, 9.17) is 0 Å². The summed E-state index contributed by atoms with van der Waals surface area (Å²) in [5.74, 6) is -0.122. The van der Waals surface area contributed by atoms with Crippen molar-refractivity contribution in [3.05, 3.63) is 23.0 Å². The van der Waals surface area contributed by atoms with Gasteiger partial charge in [-0.05, 0) is 32.8 Å². The van der Waals surface area contributed by atoms with Crippen LogP contribution in [0.25, 0.3) is 11.0 Å². The van der Waals surface area contributed by atoms with Crippen LogP contribution >= 0.6 is 0 Å². The molecule has 0 saturated carbocycles. The largest absolute Gasteiger partial charge is 0.417 e. The van der Waals surface area contributed by atoms with Gasteiger partial charge in [-0.15, -0.1) is 0 Å². The first-order valence-electron chi connectivity index (χ1n) is 8.47. The third-order valence-electron chi connectivity index (χ3n) is 4.55. The maximum atomic E-state index is 13.3. The summed E-state index contributed by atoms with van der Waals surface area (Å²) in [7, 11) is 0. The molecule has 1 aliphatic rings. The fourth-order valence-electron chi connectivity index (χ4n) is 3.36. The van der Waals surface area contributed by atoms with E-state index in [9.17, 15) is 18.0 Å². The Morgan fingerprint density at radius 3 is 2.40 bits per heavy atom. The Labute approximate surface area is 143 Å². The predicted molar refractivity (Wildman–Crippen MR) is 87.1 cm³/mol. The summed E-state index contributed by atoms with van der Waals surface area (Å²) in [6.45, 7) is 4.33. The number of hydrogen-bond acceptors (Lipinski definition) is 3. The molecule has 0 bridgehead atoms. The Morgan fingerprint density at radius 1 is 1.16 bits per heavy atom. The number of carbonyl (C=O) groups excluding carboxylic acids is 1. The molecule has 0 N–H and O–H groups in total. The summed E-state index contributed by atoms with van der Waals surface area (Å²) in [6.07, 6.45) is -0.369. The third-order valence-corrected chi connectivity index (χ3v) is 4.55. The van der Waals surface area contributed by atoms with Gasteiger partial charge in [0.25, 0.3) is 0 Å². The molecular weight excluding hydrogens is 333 g/mol. The summed E-state index contributed by atoms with van der Waals surface area (Å²) >= 11 is 0. The molecule has 1 aliphatic heterocycles. The average Bonchev–Trinajstić information content (AvgIpc) is 2.72. The van der Waals surface area contributed by atoms with Gasteiger partial charge >= 0.3 is 6.18 Å². The van der Waals surface area contributed by atoms with Crippen molar-refractivity contribution in [1.82, 2.24) is 19.7 Å². The Bertz CT molecular complexity index is 789. The van der Waals surface area contributed by atoms with Crippen LogP contribution in [0.15, 0.2) is 6.07 Å². The van der Waals surface area contributed by atoms with Crippen LogP contribution in [0.2, 0.25) is 0 Å². The smallest absolute Gasteiger partial charge is 0.341 e. The van der Waals surface area contributed by atoms with Crippen LogP contribution < -0.4 is 0 Å². The van der Waals surface area contributed by atoms with Crippen molar-refractivity contribution in [2.24, 2.45) is 0 Å². The molecule has 2 aromatic heterocycles. The molecule has 5 nitrogen and oxygen atoms in total. The van der Waals surface area contributed by atoms with Crippen LogP contribution in [0, 0.1) is 13.8 Å². The van der Waals surface area contributed by atoms with Crippen LogP contribution in [-0.4, -0.2) is 38.7 Å². The second kappa shape index (κ2) is 6.65. The molecule has 1 fully saturated rings. The van der Waals surface area contributed by atoms with Gasteiger partial charge in [-0.3, -0.25) is 4.79 Å². The number of hydrogen-bond donors (Lipinski definition) is 0. The zero-order valence-electron chi connectivity index (χ0n) is 14.4. The van der Waals surface area contributed by atoms with Gasteiger partial charge in [-0.2, -0.15) is 18.3 Å². The summed E-state index contributed by atoms with van der Waals surface area (Å²) in [4.78, 5) is 18.5. The van der Waals surface area contributed by atoms with E-state index in [2.05, 4.69) is 10.1 Å². The molecule has 25 heavy (non-hydrogen) atoms. The first-order valence-corrected chi connectivity index (χ1v) is 8.47. The lowest BCUT2D eigenvalue weighted by atomic mass is 10.1. The van der Waals surface area contributed by atoms with Crippen LogP contribution in [0.4, 0.5) is 13.2 Å². The highest BCUT2D eigenvalue weighted by Gasteiger charge is 2.35. The lowest BCUT2D eigenvalue weighted by Crippen LogP contribution is -2.34. The lowest BCUT2D eigenvalue weighted by Gasteiger charge is -2.20. The number of likely N-dealkylation sites (tertiary alicyclic amines) is 1. The van der Waals surface area contributed by atoms with Gasteiger partial charge in [0.15, 0.2) is 5.65 Å². The Hall–Kier alpha value is -2.12. The summed E-state index contributed by atoms with van der Waals surface area (Å²) in [5, 5.41) is 4.14. The van der Waals surface area contributed by atoms with Gasteiger partial charge in [0.2, 0.25) is 5.91 Å². The van der Waals surface area contributed by atoms with E-state index in [1.165, 1.54) is 18.5 Å². The quantitative estimate of drug-likeness (QED) is 0.830. The van der Waals surface area contributed by atoms with E-state index < -0.39 is 11.7 Å². The maximum absolute atomic E-state index is 13.3. The molecule has 0 aromatic carbocycles. The Kier molecular flexibility index (Phi) is 4.71. The molecule has 1 amide bonds. The number of aryl methyl sites for hydroxylation is 2. The minimum Gasteiger partial charge on any atom is -0.341 e. The van der Waals surface area contributed by atoms with Crippen LogP contribution in [-0.2, 0) is 17.5 Å². The summed E-state index contributed by atoms with van der Waals surface area (Å²) in [6, 6.07) is 1.03. The lowest BCUT2D eigenvalue weighted by molar-refractivity contribution is -0.136. The molecule has 0 spiro atoms. The van der Waals surface area contributed by atoms with E-state index in [-0.39, 0.29) is 34.9 Å². The first-order chi connectivity index (χ1) is 11.8. The SMILES string of the molecule is Cc1cc(C(F)(F)F)c2c(C)nn(CC(=O)N3CCCCCC3)c2n1. The average molecular weight is 354 g/mol. The highest BCUT2D eigenvalue weighted by molar-refractivity contribution is 5.85. The molecule has 8 heteroatoms. The first kappa shape index (κ1) is 17.7. The topological polar surface area (TPSA) is 51.0 Å². The number of amides is 1. The number of fused-ring (bicyclic) bond motifs is 1. The van der Waals surface area contributed by atoms with Crippen molar-refractivity contribution in [2.45, 2.75) is 52.3 Å². The number of nitrogens with zero attached hydrogens (tertiary/aromatic N) is 4. The van der Waals surface area contributed by atoms with Gasteiger partial charge in [-0.1, -0.05) is 12.8 Å². The van der Waals surface area contributed by atoms with Gasteiger partial charge in [0.1, 0.15) is 6.54 Å². The fraction of sp³-hybridized carbons (Fsp3) is 0.588.